The number of rotatable bonds is 6. The molecule has 1 fully saturated rings. The molecule has 0 atom stereocenters. The molecule has 1 N–H and O–H groups in total. The number of anilines is 1. The zero-order chi connectivity index (χ0) is 24.4. The molecule has 5 rings (SSSR count). The van der Waals surface area contributed by atoms with Crippen LogP contribution in [0.1, 0.15) is 48.8 Å². The first-order valence-corrected chi connectivity index (χ1v) is 13.0. The van der Waals surface area contributed by atoms with Crippen molar-refractivity contribution in [2.75, 3.05) is 18.0 Å². The van der Waals surface area contributed by atoms with Crippen molar-refractivity contribution in [2.24, 2.45) is 0 Å². The van der Waals surface area contributed by atoms with Gasteiger partial charge in [0.05, 0.1) is 0 Å². The van der Waals surface area contributed by atoms with Gasteiger partial charge in [0.15, 0.2) is 5.11 Å². The highest BCUT2D eigenvalue weighted by Crippen LogP contribution is 2.32. The Labute approximate surface area is 216 Å². The number of amides is 2. The fourth-order valence-electron chi connectivity index (χ4n) is 5.03. The molecular formula is C28H28ClN3O2S. The molecule has 2 amide bonds. The van der Waals surface area contributed by atoms with Crippen LogP contribution in [0.15, 0.2) is 59.7 Å². The van der Waals surface area contributed by atoms with Crippen molar-refractivity contribution in [1.29, 1.82) is 0 Å². The summed E-state index contributed by atoms with van der Waals surface area (Å²) in [7, 11) is 0. The van der Waals surface area contributed by atoms with Crippen LogP contribution in [0.2, 0.25) is 5.02 Å². The first-order chi connectivity index (χ1) is 17.0. The minimum atomic E-state index is -0.436. The predicted molar refractivity (Wildman–Crippen MR) is 144 cm³/mol. The quantitative estimate of drug-likeness (QED) is 0.246. The largest absolute Gasteiger partial charge is 0.367 e. The van der Waals surface area contributed by atoms with E-state index in [4.69, 9.17) is 23.8 Å². The number of nitrogens with one attached hydrogen (secondary N) is 1. The molecular weight excluding hydrogens is 478 g/mol. The molecule has 35 heavy (non-hydrogen) atoms. The number of carbonyl (C=O) groups excluding carboxylic acids is 2. The van der Waals surface area contributed by atoms with Crippen LogP contribution < -0.4 is 10.2 Å². The summed E-state index contributed by atoms with van der Waals surface area (Å²) in [6, 6.07) is 14.0. The highest BCUT2D eigenvalue weighted by molar-refractivity contribution is 7.80. The minimum Gasteiger partial charge on any atom is -0.367 e. The lowest BCUT2D eigenvalue weighted by atomic mass is 9.97. The normalized spacial score (nSPS) is 19.2. The zero-order valence-corrected chi connectivity index (χ0v) is 21.1. The van der Waals surface area contributed by atoms with Crippen LogP contribution in [0.3, 0.4) is 0 Å². The fourth-order valence-corrected chi connectivity index (χ4v) is 5.49. The van der Waals surface area contributed by atoms with Crippen molar-refractivity contribution in [2.45, 2.75) is 45.1 Å². The summed E-state index contributed by atoms with van der Waals surface area (Å²) in [4.78, 5) is 29.7. The monoisotopic (exact) mass is 505 g/mol. The molecule has 2 heterocycles. The number of hydrogen-bond donors (Lipinski definition) is 1. The van der Waals surface area contributed by atoms with Crippen LogP contribution in [0, 0.1) is 0 Å². The van der Waals surface area contributed by atoms with Crippen LogP contribution in [0.4, 0.5) is 5.69 Å². The third-order valence-corrected chi connectivity index (χ3v) is 7.64. The van der Waals surface area contributed by atoms with E-state index in [9.17, 15) is 9.59 Å². The van der Waals surface area contributed by atoms with E-state index in [0.29, 0.717) is 6.54 Å². The van der Waals surface area contributed by atoms with E-state index >= 15 is 0 Å². The second-order valence-corrected chi connectivity index (χ2v) is 10.1. The third-order valence-electron chi connectivity index (χ3n) is 6.95. The van der Waals surface area contributed by atoms with Crippen LogP contribution in [-0.4, -0.2) is 34.9 Å². The van der Waals surface area contributed by atoms with E-state index in [1.807, 2.05) is 30.3 Å². The molecule has 180 valence electrons. The Morgan fingerprint density at radius 1 is 1.09 bits per heavy atom. The molecule has 1 aliphatic carbocycles. The molecule has 7 heteroatoms. The number of hydrogen-bond acceptors (Lipinski definition) is 4. The first kappa shape index (κ1) is 23.8. The average molecular weight is 506 g/mol. The lowest BCUT2D eigenvalue weighted by Gasteiger charge is -2.29. The van der Waals surface area contributed by atoms with Gasteiger partial charge in [0.25, 0.3) is 11.8 Å². The number of nitrogens with zero attached hydrogens (tertiary/aromatic N) is 2. The molecule has 2 aliphatic heterocycles. The van der Waals surface area contributed by atoms with Gasteiger partial charge in [0.2, 0.25) is 0 Å². The highest BCUT2D eigenvalue weighted by atomic mass is 35.5. The second-order valence-electron chi connectivity index (χ2n) is 9.28. The lowest BCUT2D eigenvalue weighted by molar-refractivity contribution is -0.128. The Morgan fingerprint density at radius 2 is 1.94 bits per heavy atom. The molecule has 0 bridgehead atoms. The van der Waals surface area contributed by atoms with Crippen molar-refractivity contribution >= 4 is 52.5 Å². The maximum atomic E-state index is 13.2. The summed E-state index contributed by atoms with van der Waals surface area (Å²) in [5, 5.41) is 3.66. The highest BCUT2D eigenvalue weighted by Gasteiger charge is 2.33. The van der Waals surface area contributed by atoms with Gasteiger partial charge in [0, 0.05) is 30.3 Å². The lowest BCUT2D eigenvalue weighted by Crippen LogP contribution is -2.54. The van der Waals surface area contributed by atoms with Gasteiger partial charge in [-0.1, -0.05) is 47.5 Å². The smallest absolute Gasteiger partial charge is 0.265 e. The molecule has 3 aliphatic rings. The van der Waals surface area contributed by atoms with Crippen molar-refractivity contribution < 1.29 is 9.59 Å². The Kier molecular flexibility index (Phi) is 7.02. The van der Waals surface area contributed by atoms with E-state index in [1.54, 1.807) is 6.08 Å². The maximum Gasteiger partial charge on any atom is 0.265 e. The molecule has 5 nitrogen and oxygen atoms in total. The Morgan fingerprint density at radius 3 is 2.74 bits per heavy atom. The van der Waals surface area contributed by atoms with Crippen molar-refractivity contribution in [3.05, 3.63) is 81.4 Å². The van der Waals surface area contributed by atoms with Gasteiger partial charge in [-0.25, -0.2) is 0 Å². The topological polar surface area (TPSA) is 52.7 Å². The van der Waals surface area contributed by atoms with Gasteiger partial charge in [-0.2, -0.15) is 0 Å². The molecule has 2 aromatic rings. The third kappa shape index (κ3) is 5.19. The van der Waals surface area contributed by atoms with Gasteiger partial charge in [-0.05, 0) is 91.7 Å². The molecule has 1 saturated heterocycles. The average Bonchev–Trinajstić information content (AvgIpc) is 3.25. The number of fused-ring (bicyclic) bond motifs is 1. The molecule has 0 spiro atoms. The van der Waals surface area contributed by atoms with Crippen molar-refractivity contribution in [3.8, 4) is 0 Å². The van der Waals surface area contributed by atoms with Gasteiger partial charge in [-0.3, -0.25) is 19.8 Å². The van der Waals surface area contributed by atoms with Crippen LogP contribution in [-0.2, 0) is 22.6 Å². The SMILES string of the molecule is O=C1NC(=S)N(CCC2=CCCCC2)C(=O)/C1=C/c1ccc2c(c1)CCN2Cc1ccccc1Cl. The van der Waals surface area contributed by atoms with E-state index in [2.05, 4.69) is 28.4 Å². The molecule has 2 aromatic carbocycles. The number of thiocarbonyl (C=S) groups is 1. The maximum absolute atomic E-state index is 13.2. The molecule has 0 aromatic heterocycles. The second kappa shape index (κ2) is 10.3. The van der Waals surface area contributed by atoms with E-state index < -0.39 is 5.91 Å². The Balaban J connectivity index is 1.32. The van der Waals surface area contributed by atoms with Crippen LogP contribution >= 0.6 is 23.8 Å². The van der Waals surface area contributed by atoms with E-state index in [-0.39, 0.29) is 16.6 Å². The summed E-state index contributed by atoms with van der Waals surface area (Å²) in [5.74, 6) is -0.759. The number of allylic oxidation sites excluding steroid dienone is 1. The van der Waals surface area contributed by atoms with Gasteiger partial charge >= 0.3 is 0 Å². The summed E-state index contributed by atoms with van der Waals surface area (Å²) < 4.78 is 0. The number of benzene rings is 2. The minimum absolute atomic E-state index is 0.127. The first-order valence-electron chi connectivity index (χ1n) is 12.2. The van der Waals surface area contributed by atoms with Crippen molar-refractivity contribution in [1.82, 2.24) is 10.2 Å². The van der Waals surface area contributed by atoms with Gasteiger partial charge in [0.1, 0.15) is 5.57 Å². The zero-order valence-electron chi connectivity index (χ0n) is 19.6. The molecule has 0 unspecified atom stereocenters. The van der Waals surface area contributed by atoms with E-state index in [1.165, 1.54) is 28.9 Å². The number of halogens is 1. The number of carbonyl (C=O) groups is 2. The summed E-state index contributed by atoms with van der Waals surface area (Å²) >= 11 is 11.7. The predicted octanol–water partition coefficient (Wildman–Crippen LogP) is 5.42. The van der Waals surface area contributed by atoms with Gasteiger partial charge < -0.3 is 4.90 Å². The Bertz CT molecular complexity index is 1250. The van der Waals surface area contributed by atoms with Crippen LogP contribution in [0.25, 0.3) is 6.08 Å². The van der Waals surface area contributed by atoms with Crippen molar-refractivity contribution in [3.63, 3.8) is 0 Å². The molecule has 0 radical (unpaired) electrons. The standard InChI is InChI=1S/C28H28ClN3O2S/c29-24-9-5-4-8-22(24)18-31-14-13-21-16-20(10-11-25(21)31)17-23-26(33)30-28(35)32(27(23)34)15-12-19-6-2-1-3-7-19/h4-6,8-11,16-17H,1-3,7,12-15,18H2,(H,30,33,35)/b23-17+. The Hall–Kier alpha value is -2.96. The van der Waals surface area contributed by atoms with E-state index in [0.717, 1.165) is 60.6 Å². The fraction of sp³-hybridized carbons (Fsp3) is 0.321. The summed E-state index contributed by atoms with van der Waals surface area (Å²) in [5.41, 5.74) is 5.79. The summed E-state index contributed by atoms with van der Waals surface area (Å²) in [6.45, 7) is 2.14. The summed E-state index contributed by atoms with van der Waals surface area (Å²) in [6.07, 6.45) is 10.2. The molecule has 0 saturated carbocycles. The van der Waals surface area contributed by atoms with Crippen LogP contribution in [0.5, 0.6) is 0 Å². The van der Waals surface area contributed by atoms with Gasteiger partial charge in [-0.15, -0.1) is 0 Å².